The molecule has 0 saturated heterocycles. The zero-order valence-electron chi connectivity index (χ0n) is 10.7. The van der Waals surface area contributed by atoms with Crippen molar-refractivity contribution in [3.63, 3.8) is 0 Å². The van der Waals surface area contributed by atoms with Gasteiger partial charge in [0, 0.05) is 17.6 Å². The Morgan fingerprint density at radius 3 is 2.72 bits per heavy atom. The van der Waals surface area contributed by atoms with Crippen molar-refractivity contribution in [2.75, 3.05) is 19.7 Å². The molecule has 0 fully saturated rings. The number of hydrogen-bond donors (Lipinski definition) is 1. The number of carbonyl (C=O) groups excluding carboxylic acids is 1. The van der Waals surface area contributed by atoms with Crippen LogP contribution < -0.4 is 0 Å². The van der Waals surface area contributed by atoms with Crippen LogP contribution in [0.15, 0.2) is 15.9 Å². The minimum Gasteiger partial charge on any atom is -0.395 e. The van der Waals surface area contributed by atoms with E-state index in [4.69, 9.17) is 5.11 Å². The van der Waals surface area contributed by atoms with Gasteiger partial charge in [-0.1, -0.05) is 26.2 Å². The highest BCUT2D eigenvalue weighted by molar-refractivity contribution is 9.10. The predicted octanol–water partition coefficient (Wildman–Crippen LogP) is 3.53. The van der Waals surface area contributed by atoms with Gasteiger partial charge >= 0.3 is 0 Å². The summed E-state index contributed by atoms with van der Waals surface area (Å²) >= 11 is 4.82. The summed E-state index contributed by atoms with van der Waals surface area (Å²) in [6.45, 7) is 3.32. The van der Waals surface area contributed by atoms with Gasteiger partial charge < -0.3 is 10.0 Å². The Balaban J connectivity index is 2.55. The van der Waals surface area contributed by atoms with E-state index in [0.717, 1.165) is 28.7 Å². The number of nitrogens with zero attached hydrogens (tertiary/aromatic N) is 1. The number of halogens is 1. The topological polar surface area (TPSA) is 40.5 Å². The third-order valence-electron chi connectivity index (χ3n) is 2.75. The maximum atomic E-state index is 12.3. The van der Waals surface area contributed by atoms with Gasteiger partial charge in [0.25, 0.3) is 5.91 Å². The van der Waals surface area contributed by atoms with E-state index in [-0.39, 0.29) is 12.5 Å². The first kappa shape index (κ1) is 15.7. The smallest absolute Gasteiger partial charge is 0.265 e. The number of aliphatic hydroxyl groups is 1. The fraction of sp³-hybridized carbons (Fsp3) is 0.615. The van der Waals surface area contributed by atoms with Crippen molar-refractivity contribution in [2.45, 2.75) is 32.6 Å². The molecule has 5 heteroatoms. The van der Waals surface area contributed by atoms with Gasteiger partial charge in [-0.15, -0.1) is 11.3 Å². The zero-order valence-corrected chi connectivity index (χ0v) is 13.1. The Labute approximate surface area is 121 Å². The molecule has 102 valence electrons. The monoisotopic (exact) mass is 333 g/mol. The van der Waals surface area contributed by atoms with Crippen LogP contribution in [-0.4, -0.2) is 35.6 Å². The van der Waals surface area contributed by atoms with Crippen LogP contribution in [0.2, 0.25) is 0 Å². The average Bonchev–Trinajstić information content (AvgIpc) is 2.78. The summed E-state index contributed by atoms with van der Waals surface area (Å²) in [6, 6.07) is 1.88. The van der Waals surface area contributed by atoms with Crippen molar-refractivity contribution in [1.29, 1.82) is 0 Å². The summed E-state index contributed by atoms with van der Waals surface area (Å²) in [4.78, 5) is 14.7. The standard InChI is InChI=1S/C13H20BrNO2S/c1-2-3-4-5-7-15(8-9-16)13(17)12-11(14)6-10-18-12/h6,10,16H,2-5,7-9H2,1H3. The lowest BCUT2D eigenvalue weighted by atomic mass is 10.2. The van der Waals surface area contributed by atoms with E-state index in [1.165, 1.54) is 24.2 Å². The summed E-state index contributed by atoms with van der Waals surface area (Å²) in [7, 11) is 0. The molecule has 1 N–H and O–H groups in total. The molecule has 1 aromatic rings. The van der Waals surface area contributed by atoms with Gasteiger partial charge in [0.2, 0.25) is 0 Å². The van der Waals surface area contributed by atoms with E-state index >= 15 is 0 Å². The molecule has 0 bridgehead atoms. The van der Waals surface area contributed by atoms with Crippen LogP contribution in [0.1, 0.15) is 42.3 Å². The molecule has 1 rings (SSSR count). The largest absolute Gasteiger partial charge is 0.395 e. The Bertz CT molecular complexity index is 368. The van der Waals surface area contributed by atoms with Crippen molar-refractivity contribution in [1.82, 2.24) is 4.90 Å². The quantitative estimate of drug-likeness (QED) is 0.739. The first-order valence-electron chi connectivity index (χ1n) is 6.33. The molecular weight excluding hydrogens is 314 g/mol. The molecule has 18 heavy (non-hydrogen) atoms. The van der Waals surface area contributed by atoms with E-state index in [2.05, 4.69) is 22.9 Å². The van der Waals surface area contributed by atoms with E-state index in [1.807, 2.05) is 11.4 Å². The summed E-state index contributed by atoms with van der Waals surface area (Å²) in [6.07, 6.45) is 4.52. The fourth-order valence-corrected chi connectivity index (χ4v) is 3.26. The second kappa shape index (κ2) is 8.67. The van der Waals surface area contributed by atoms with Gasteiger partial charge in [0.15, 0.2) is 0 Å². The predicted molar refractivity (Wildman–Crippen MR) is 79.2 cm³/mol. The van der Waals surface area contributed by atoms with Gasteiger partial charge in [-0.05, 0) is 33.8 Å². The maximum Gasteiger partial charge on any atom is 0.265 e. The van der Waals surface area contributed by atoms with Gasteiger partial charge in [-0.25, -0.2) is 0 Å². The van der Waals surface area contributed by atoms with Crippen molar-refractivity contribution < 1.29 is 9.90 Å². The van der Waals surface area contributed by atoms with E-state index in [9.17, 15) is 4.79 Å². The second-order valence-electron chi connectivity index (χ2n) is 4.17. The van der Waals surface area contributed by atoms with Gasteiger partial charge in [-0.2, -0.15) is 0 Å². The molecule has 1 aromatic heterocycles. The SMILES string of the molecule is CCCCCCN(CCO)C(=O)c1sccc1Br. The van der Waals surface area contributed by atoms with Gasteiger partial charge in [0.1, 0.15) is 4.88 Å². The van der Waals surface area contributed by atoms with Crippen LogP contribution in [-0.2, 0) is 0 Å². The molecule has 0 aliphatic heterocycles. The molecule has 0 radical (unpaired) electrons. The molecule has 1 heterocycles. The molecule has 3 nitrogen and oxygen atoms in total. The van der Waals surface area contributed by atoms with E-state index in [0.29, 0.717) is 6.54 Å². The van der Waals surface area contributed by atoms with Crippen LogP contribution in [0.3, 0.4) is 0 Å². The summed E-state index contributed by atoms with van der Waals surface area (Å²) in [5, 5.41) is 10.9. The third-order valence-corrected chi connectivity index (χ3v) is 4.58. The number of carbonyl (C=O) groups is 1. The van der Waals surface area contributed by atoms with Gasteiger partial charge in [0.05, 0.1) is 6.61 Å². The van der Waals surface area contributed by atoms with Crippen LogP contribution >= 0.6 is 27.3 Å². The molecule has 0 saturated carbocycles. The molecule has 1 amide bonds. The summed E-state index contributed by atoms with van der Waals surface area (Å²) in [5.41, 5.74) is 0. The number of unbranched alkanes of at least 4 members (excludes halogenated alkanes) is 3. The number of hydrogen-bond acceptors (Lipinski definition) is 3. The van der Waals surface area contributed by atoms with Crippen molar-refractivity contribution in [3.05, 3.63) is 20.8 Å². The van der Waals surface area contributed by atoms with Gasteiger partial charge in [-0.3, -0.25) is 4.79 Å². The normalized spacial score (nSPS) is 10.6. The molecule has 0 aromatic carbocycles. The molecular formula is C13H20BrNO2S. The Morgan fingerprint density at radius 1 is 1.39 bits per heavy atom. The van der Waals surface area contributed by atoms with Crippen LogP contribution in [0.4, 0.5) is 0 Å². The Morgan fingerprint density at radius 2 is 2.17 bits per heavy atom. The van der Waals surface area contributed by atoms with Crippen molar-refractivity contribution in [2.24, 2.45) is 0 Å². The average molecular weight is 334 g/mol. The first-order valence-corrected chi connectivity index (χ1v) is 8.01. The third kappa shape index (κ3) is 4.71. The number of aliphatic hydroxyl groups excluding tert-OH is 1. The molecule has 0 aliphatic rings. The summed E-state index contributed by atoms with van der Waals surface area (Å²) < 4.78 is 0.842. The number of thiophene rings is 1. The number of rotatable bonds is 8. The van der Waals surface area contributed by atoms with E-state index in [1.54, 1.807) is 4.90 Å². The molecule has 0 aliphatic carbocycles. The lowest BCUT2D eigenvalue weighted by Crippen LogP contribution is -2.34. The molecule has 0 spiro atoms. The highest BCUT2D eigenvalue weighted by atomic mass is 79.9. The van der Waals surface area contributed by atoms with E-state index < -0.39 is 0 Å². The Hall–Kier alpha value is -0.390. The zero-order chi connectivity index (χ0) is 13.4. The van der Waals surface area contributed by atoms with Crippen molar-refractivity contribution >= 4 is 33.2 Å². The Kier molecular flexibility index (Phi) is 7.54. The van der Waals surface area contributed by atoms with Crippen LogP contribution in [0.5, 0.6) is 0 Å². The molecule has 0 unspecified atom stereocenters. The fourth-order valence-electron chi connectivity index (χ4n) is 1.75. The highest BCUT2D eigenvalue weighted by Crippen LogP contribution is 2.24. The lowest BCUT2D eigenvalue weighted by molar-refractivity contribution is 0.0722. The lowest BCUT2D eigenvalue weighted by Gasteiger charge is -2.21. The maximum absolute atomic E-state index is 12.3. The molecule has 0 atom stereocenters. The second-order valence-corrected chi connectivity index (χ2v) is 5.94. The minimum atomic E-state index is 0.0161. The van der Waals surface area contributed by atoms with Crippen LogP contribution in [0, 0.1) is 0 Å². The first-order chi connectivity index (χ1) is 8.70. The summed E-state index contributed by atoms with van der Waals surface area (Å²) in [5.74, 6) is 0.0161. The highest BCUT2D eigenvalue weighted by Gasteiger charge is 2.18. The van der Waals surface area contributed by atoms with Crippen LogP contribution in [0.25, 0.3) is 0 Å². The number of amides is 1. The van der Waals surface area contributed by atoms with Crippen molar-refractivity contribution in [3.8, 4) is 0 Å². The minimum absolute atomic E-state index is 0.0161.